The Balaban J connectivity index is 1.23. The molecule has 1 aliphatic rings. The van der Waals surface area contributed by atoms with E-state index in [-0.39, 0.29) is 11.7 Å². The van der Waals surface area contributed by atoms with Gasteiger partial charge in [-0.2, -0.15) is 0 Å². The number of Topliss-reactive ketones (excluding diaryl/α,β-unsaturated/α-hetero) is 1. The lowest BCUT2D eigenvalue weighted by Crippen LogP contribution is -2.38. The van der Waals surface area contributed by atoms with Crippen molar-refractivity contribution in [3.63, 3.8) is 0 Å². The van der Waals surface area contributed by atoms with Crippen molar-refractivity contribution in [1.82, 2.24) is 19.4 Å². The molecule has 0 bridgehead atoms. The van der Waals surface area contributed by atoms with Gasteiger partial charge in [-0.3, -0.25) is 9.78 Å². The maximum absolute atomic E-state index is 13.0. The van der Waals surface area contributed by atoms with Crippen LogP contribution < -0.4 is 10.1 Å². The second kappa shape index (κ2) is 12.6. The molecule has 8 heteroatoms. The summed E-state index contributed by atoms with van der Waals surface area (Å²) in [6, 6.07) is 18.0. The second-order valence-corrected chi connectivity index (χ2v) is 10.9. The summed E-state index contributed by atoms with van der Waals surface area (Å²) in [5.41, 5.74) is 4.86. The molecule has 0 saturated carbocycles. The highest BCUT2D eigenvalue weighted by molar-refractivity contribution is 5.83. The third kappa shape index (κ3) is 6.69. The Labute approximate surface area is 236 Å². The molecule has 0 unspecified atom stereocenters. The first-order chi connectivity index (χ1) is 19.4. The number of nitrogens with one attached hydrogen (secondary N) is 1. The number of rotatable bonds is 11. The topological polar surface area (TPSA) is 81.5 Å². The lowest BCUT2D eigenvalue weighted by Gasteiger charge is -2.30. The number of aryl methyl sites for hydroxylation is 1. The zero-order valence-electron chi connectivity index (χ0n) is 23.9. The van der Waals surface area contributed by atoms with E-state index in [1.807, 2.05) is 41.9 Å². The molecule has 8 nitrogen and oxygen atoms in total. The van der Waals surface area contributed by atoms with E-state index in [4.69, 9.17) is 14.5 Å². The summed E-state index contributed by atoms with van der Waals surface area (Å²) in [7, 11) is 3.72. The molecule has 5 rings (SSSR count). The van der Waals surface area contributed by atoms with Gasteiger partial charge in [-0.15, -0.1) is 0 Å². The van der Waals surface area contributed by atoms with Gasteiger partial charge < -0.3 is 24.3 Å². The Kier molecular flexibility index (Phi) is 8.77. The molecule has 210 valence electrons. The van der Waals surface area contributed by atoms with Crippen LogP contribution in [0.15, 0.2) is 60.8 Å². The number of pyridine rings is 1. The fraction of sp³-hybridized carbons (Fsp3) is 0.406. The van der Waals surface area contributed by atoms with Crippen molar-refractivity contribution in [1.29, 1.82) is 0 Å². The van der Waals surface area contributed by atoms with Crippen LogP contribution >= 0.6 is 0 Å². The third-order valence-corrected chi connectivity index (χ3v) is 7.70. The number of ether oxygens (including phenoxy) is 2. The minimum absolute atomic E-state index is 0.0902. The van der Waals surface area contributed by atoms with Crippen LogP contribution in [0.5, 0.6) is 11.5 Å². The minimum Gasteiger partial charge on any atom is -0.457 e. The van der Waals surface area contributed by atoms with E-state index in [1.54, 1.807) is 13.3 Å². The lowest BCUT2D eigenvalue weighted by molar-refractivity contribution is -0.123. The number of fused-ring (bicyclic) bond motifs is 1. The average Bonchev–Trinajstić information content (AvgIpc) is 3.26. The highest BCUT2D eigenvalue weighted by Gasteiger charge is 2.25. The molecule has 3 heterocycles. The number of aromatic nitrogens is 3. The average molecular weight is 542 g/mol. The molecule has 1 saturated heterocycles. The summed E-state index contributed by atoms with van der Waals surface area (Å²) in [6.45, 7) is 7.91. The summed E-state index contributed by atoms with van der Waals surface area (Å²) < 4.78 is 13.4. The number of piperidine rings is 1. The van der Waals surface area contributed by atoms with Gasteiger partial charge in [0, 0.05) is 57.1 Å². The van der Waals surface area contributed by atoms with Crippen molar-refractivity contribution in [2.45, 2.75) is 39.0 Å². The number of benzene rings is 2. The van der Waals surface area contributed by atoms with Crippen LogP contribution in [-0.4, -0.2) is 58.6 Å². The number of hydrogen-bond acceptors (Lipinski definition) is 7. The quantitative estimate of drug-likeness (QED) is 0.246. The molecule has 1 N–H and O–H groups in total. The highest BCUT2D eigenvalue weighted by Crippen LogP contribution is 2.29. The largest absolute Gasteiger partial charge is 0.457 e. The van der Waals surface area contributed by atoms with Gasteiger partial charge in [0.05, 0.1) is 23.3 Å². The van der Waals surface area contributed by atoms with Crippen molar-refractivity contribution in [2.75, 3.05) is 38.7 Å². The first kappa shape index (κ1) is 27.8. The van der Waals surface area contributed by atoms with Crippen LogP contribution in [0.3, 0.4) is 0 Å². The number of carbonyl (C=O) groups excluding carboxylic acids is 1. The highest BCUT2D eigenvalue weighted by atomic mass is 16.5. The molecule has 0 aliphatic carbocycles. The van der Waals surface area contributed by atoms with E-state index >= 15 is 0 Å². The van der Waals surface area contributed by atoms with E-state index in [1.165, 1.54) is 5.56 Å². The number of imidazole rings is 1. The molecule has 1 aliphatic heterocycles. The normalized spacial score (nSPS) is 14.6. The smallest absolute Gasteiger partial charge is 0.208 e. The second-order valence-electron chi connectivity index (χ2n) is 10.9. The summed E-state index contributed by atoms with van der Waals surface area (Å²) in [6.07, 6.45) is 3.82. The Morgan fingerprint density at radius 2 is 1.88 bits per heavy atom. The fourth-order valence-electron chi connectivity index (χ4n) is 5.23. The van der Waals surface area contributed by atoms with E-state index in [0.717, 1.165) is 67.4 Å². The van der Waals surface area contributed by atoms with E-state index in [0.29, 0.717) is 23.8 Å². The zero-order valence-corrected chi connectivity index (χ0v) is 23.9. The number of likely N-dealkylation sites (tertiary alicyclic amines) is 1. The summed E-state index contributed by atoms with van der Waals surface area (Å²) in [5, 5.41) is 3.45. The van der Waals surface area contributed by atoms with Crippen LogP contribution in [-0.2, 0) is 23.0 Å². The first-order valence-corrected chi connectivity index (χ1v) is 14.1. The van der Waals surface area contributed by atoms with Crippen LogP contribution in [0.1, 0.15) is 43.9 Å². The van der Waals surface area contributed by atoms with Gasteiger partial charge in [-0.1, -0.05) is 26.0 Å². The summed E-state index contributed by atoms with van der Waals surface area (Å²) in [4.78, 5) is 24.6. The van der Waals surface area contributed by atoms with Gasteiger partial charge in [0.2, 0.25) is 5.95 Å². The maximum Gasteiger partial charge on any atom is 0.208 e. The minimum atomic E-state index is 0.0902. The number of hydrogen-bond donors (Lipinski definition) is 1. The molecule has 0 spiro atoms. The van der Waals surface area contributed by atoms with Crippen molar-refractivity contribution < 1.29 is 14.3 Å². The molecule has 1 fully saturated rings. The predicted molar refractivity (Wildman–Crippen MR) is 159 cm³/mol. The Bertz CT molecular complexity index is 1460. The SMILES string of the molecule is COCCN1CCC(C(=O)Cc2cc(Oc3ccc4c(c3)nc(Nc3cccc(C(C)C)c3)n4C)ccn2)CC1. The van der Waals surface area contributed by atoms with Gasteiger partial charge >= 0.3 is 0 Å². The summed E-state index contributed by atoms with van der Waals surface area (Å²) >= 11 is 0. The van der Waals surface area contributed by atoms with Gasteiger partial charge in [0.25, 0.3) is 0 Å². The number of carbonyl (C=O) groups is 1. The molecular weight excluding hydrogens is 502 g/mol. The van der Waals surface area contributed by atoms with Gasteiger partial charge in [-0.25, -0.2) is 4.98 Å². The Morgan fingerprint density at radius 3 is 2.65 bits per heavy atom. The van der Waals surface area contributed by atoms with E-state index in [9.17, 15) is 4.79 Å². The van der Waals surface area contributed by atoms with E-state index in [2.05, 4.69) is 53.3 Å². The third-order valence-electron chi connectivity index (χ3n) is 7.70. The molecule has 0 atom stereocenters. The van der Waals surface area contributed by atoms with Crippen molar-refractivity contribution in [3.05, 3.63) is 72.1 Å². The standard InChI is InChI=1S/C32H39N5O3/c1-22(2)24-6-5-7-25(18-24)34-32-35-29-21-27(8-9-30(29)36(32)3)40-28-10-13-33-26(19-28)20-31(38)23-11-14-37(15-12-23)16-17-39-4/h5-10,13,18-19,21-23H,11-12,14-17,20H2,1-4H3,(H,34,35). The van der Waals surface area contributed by atoms with Gasteiger partial charge in [0.15, 0.2) is 0 Å². The Morgan fingerprint density at radius 1 is 1.07 bits per heavy atom. The fourth-order valence-corrected chi connectivity index (χ4v) is 5.23. The molecule has 0 amide bonds. The molecule has 40 heavy (non-hydrogen) atoms. The van der Waals surface area contributed by atoms with Crippen LogP contribution in [0.2, 0.25) is 0 Å². The monoisotopic (exact) mass is 541 g/mol. The van der Waals surface area contributed by atoms with Crippen molar-refractivity contribution >= 4 is 28.5 Å². The number of nitrogens with zero attached hydrogens (tertiary/aromatic N) is 4. The van der Waals surface area contributed by atoms with E-state index < -0.39 is 0 Å². The van der Waals surface area contributed by atoms with Crippen molar-refractivity contribution in [3.8, 4) is 11.5 Å². The maximum atomic E-state index is 13.0. The molecular formula is C32H39N5O3. The van der Waals surface area contributed by atoms with Crippen molar-refractivity contribution in [2.24, 2.45) is 13.0 Å². The molecule has 2 aromatic carbocycles. The molecule has 4 aromatic rings. The molecule has 2 aromatic heterocycles. The van der Waals surface area contributed by atoms with Gasteiger partial charge in [0.1, 0.15) is 17.3 Å². The van der Waals surface area contributed by atoms with Gasteiger partial charge in [-0.05, 0) is 67.7 Å². The predicted octanol–water partition coefficient (Wildman–Crippen LogP) is 6.10. The Hall–Kier alpha value is -3.75. The summed E-state index contributed by atoms with van der Waals surface area (Å²) in [5.74, 6) is 2.91. The van der Waals surface area contributed by atoms with Crippen LogP contribution in [0.25, 0.3) is 11.0 Å². The van der Waals surface area contributed by atoms with Crippen LogP contribution in [0.4, 0.5) is 11.6 Å². The lowest BCUT2D eigenvalue weighted by atomic mass is 9.90. The van der Waals surface area contributed by atoms with Crippen LogP contribution in [0, 0.1) is 5.92 Å². The molecule has 0 radical (unpaired) electrons. The number of anilines is 2. The zero-order chi connectivity index (χ0) is 28.1. The number of ketones is 1. The first-order valence-electron chi connectivity index (χ1n) is 14.1. The number of methoxy groups -OCH3 is 1.